The fourth-order valence-corrected chi connectivity index (χ4v) is 1.43. The van der Waals surface area contributed by atoms with Crippen LogP contribution in [-0.4, -0.2) is 34.4 Å². The Labute approximate surface area is 95.4 Å². The number of ether oxygens (including phenoxy) is 1. The summed E-state index contributed by atoms with van der Waals surface area (Å²) in [4.78, 5) is 22.3. The molecule has 5 nitrogen and oxygen atoms in total. The van der Waals surface area contributed by atoms with E-state index < -0.39 is 23.5 Å². The summed E-state index contributed by atoms with van der Waals surface area (Å²) in [6.07, 6.45) is 0.716. The molecule has 0 aromatic rings. The molecule has 0 saturated carbocycles. The Morgan fingerprint density at radius 1 is 1.25 bits per heavy atom. The standard InChI is InChI=1S/C11H20O5/c1-4-11(15,5-2)7-8(9(12)13)10(14)16-6-3/h8,15H,4-7H2,1-3H3,(H,12,13). The van der Waals surface area contributed by atoms with Crippen molar-refractivity contribution in [1.29, 1.82) is 0 Å². The number of aliphatic carboxylic acids is 1. The number of esters is 1. The maximum absolute atomic E-state index is 11.4. The molecule has 16 heavy (non-hydrogen) atoms. The zero-order valence-corrected chi connectivity index (χ0v) is 10.0. The normalized spacial score (nSPS) is 13.2. The van der Waals surface area contributed by atoms with Crippen molar-refractivity contribution in [3.05, 3.63) is 0 Å². The lowest BCUT2D eigenvalue weighted by atomic mass is 9.86. The van der Waals surface area contributed by atoms with E-state index in [0.29, 0.717) is 12.8 Å². The maximum Gasteiger partial charge on any atom is 0.320 e. The highest BCUT2D eigenvalue weighted by molar-refractivity contribution is 5.94. The van der Waals surface area contributed by atoms with Crippen molar-refractivity contribution < 1.29 is 24.5 Å². The third kappa shape index (κ3) is 4.18. The minimum Gasteiger partial charge on any atom is -0.481 e. The van der Waals surface area contributed by atoms with E-state index in [-0.39, 0.29) is 13.0 Å². The number of aliphatic hydroxyl groups is 1. The van der Waals surface area contributed by atoms with E-state index in [2.05, 4.69) is 4.74 Å². The van der Waals surface area contributed by atoms with Crippen molar-refractivity contribution in [2.24, 2.45) is 5.92 Å². The van der Waals surface area contributed by atoms with Crippen molar-refractivity contribution in [3.63, 3.8) is 0 Å². The van der Waals surface area contributed by atoms with Crippen LogP contribution >= 0.6 is 0 Å². The highest BCUT2D eigenvalue weighted by Gasteiger charge is 2.36. The Morgan fingerprint density at radius 3 is 2.06 bits per heavy atom. The molecule has 0 aliphatic heterocycles. The van der Waals surface area contributed by atoms with E-state index in [1.165, 1.54) is 0 Å². The minimum absolute atomic E-state index is 0.103. The van der Waals surface area contributed by atoms with Gasteiger partial charge in [-0.3, -0.25) is 9.59 Å². The molecule has 0 aromatic carbocycles. The summed E-state index contributed by atoms with van der Waals surface area (Å²) >= 11 is 0. The molecule has 0 heterocycles. The smallest absolute Gasteiger partial charge is 0.320 e. The van der Waals surface area contributed by atoms with Crippen LogP contribution in [0.2, 0.25) is 0 Å². The molecule has 0 saturated heterocycles. The molecule has 1 atom stereocenters. The van der Waals surface area contributed by atoms with E-state index in [4.69, 9.17) is 5.11 Å². The lowest BCUT2D eigenvalue weighted by Gasteiger charge is -2.27. The predicted molar refractivity (Wildman–Crippen MR) is 57.9 cm³/mol. The van der Waals surface area contributed by atoms with Crippen LogP contribution in [-0.2, 0) is 14.3 Å². The zero-order valence-electron chi connectivity index (χ0n) is 10.0. The topological polar surface area (TPSA) is 83.8 Å². The number of carboxylic acid groups (broad SMARTS) is 1. The lowest BCUT2D eigenvalue weighted by molar-refractivity contribution is -0.161. The molecule has 0 radical (unpaired) electrons. The summed E-state index contributed by atoms with van der Waals surface area (Å²) in [6.45, 7) is 5.27. The number of hydrogen-bond acceptors (Lipinski definition) is 4. The van der Waals surface area contributed by atoms with Crippen LogP contribution < -0.4 is 0 Å². The molecule has 0 aliphatic carbocycles. The highest BCUT2D eigenvalue weighted by Crippen LogP contribution is 2.25. The fourth-order valence-electron chi connectivity index (χ4n) is 1.43. The molecule has 0 amide bonds. The molecule has 2 N–H and O–H groups in total. The SMILES string of the molecule is CCOC(=O)C(CC(O)(CC)CC)C(=O)O. The first-order chi connectivity index (χ1) is 7.40. The van der Waals surface area contributed by atoms with E-state index in [9.17, 15) is 14.7 Å². The molecule has 5 heteroatoms. The second-order valence-electron chi connectivity index (χ2n) is 3.78. The number of hydrogen-bond donors (Lipinski definition) is 2. The molecular weight excluding hydrogens is 212 g/mol. The highest BCUT2D eigenvalue weighted by atomic mass is 16.5. The zero-order chi connectivity index (χ0) is 12.8. The Balaban J connectivity index is 4.68. The predicted octanol–water partition coefficient (Wildman–Crippen LogP) is 1.19. The summed E-state index contributed by atoms with van der Waals surface area (Å²) in [7, 11) is 0. The van der Waals surface area contributed by atoms with Gasteiger partial charge in [-0.05, 0) is 19.8 Å². The van der Waals surface area contributed by atoms with Gasteiger partial charge in [0, 0.05) is 6.42 Å². The largest absolute Gasteiger partial charge is 0.481 e. The Morgan fingerprint density at radius 2 is 1.75 bits per heavy atom. The first-order valence-corrected chi connectivity index (χ1v) is 5.52. The first kappa shape index (κ1) is 14.9. The Hall–Kier alpha value is -1.10. The fraction of sp³-hybridized carbons (Fsp3) is 0.818. The molecular formula is C11H20O5. The molecule has 94 valence electrons. The van der Waals surface area contributed by atoms with Gasteiger partial charge >= 0.3 is 11.9 Å². The van der Waals surface area contributed by atoms with Gasteiger partial charge in [0.1, 0.15) is 0 Å². The summed E-state index contributed by atoms with van der Waals surface area (Å²) < 4.78 is 4.67. The van der Waals surface area contributed by atoms with Crippen molar-refractivity contribution in [3.8, 4) is 0 Å². The average Bonchev–Trinajstić information content (AvgIpc) is 2.25. The van der Waals surface area contributed by atoms with Crippen molar-refractivity contribution >= 4 is 11.9 Å². The second-order valence-corrected chi connectivity index (χ2v) is 3.78. The first-order valence-electron chi connectivity index (χ1n) is 5.52. The molecule has 0 rings (SSSR count). The van der Waals surface area contributed by atoms with Crippen LogP contribution in [0, 0.1) is 5.92 Å². The molecule has 0 aliphatic rings. The van der Waals surface area contributed by atoms with Crippen LogP contribution in [0.1, 0.15) is 40.0 Å². The molecule has 0 fully saturated rings. The van der Waals surface area contributed by atoms with E-state index in [1.807, 2.05) is 0 Å². The van der Waals surface area contributed by atoms with E-state index >= 15 is 0 Å². The molecule has 0 bridgehead atoms. The number of carbonyl (C=O) groups is 2. The van der Waals surface area contributed by atoms with Crippen LogP contribution in [0.4, 0.5) is 0 Å². The lowest BCUT2D eigenvalue weighted by Crippen LogP contribution is -2.37. The van der Waals surface area contributed by atoms with Crippen LogP contribution in [0.3, 0.4) is 0 Å². The third-order valence-corrected chi connectivity index (χ3v) is 2.77. The molecule has 0 aromatic heterocycles. The van der Waals surface area contributed by atoms with Crippen molar-refractivity contribution in [1.82, 2.24) is 0 Å². The van der Waals surface area contributed by atoms with Crippen molar-refractivity contribution in [2.75, 3.05) is 6.61 Å². The van der Waals surface area contributed by atoms with Gasteiger partial charge in [0.15, 0.2) is 5.92 Å². The van der Waals surface area contributed by atoms with Crippen LogP contribution in [0.25, 0.3) is 0 Å². The maximum atomic E-state index is 11.4. The van der Waals surface area contributed by atoms with Gasteiger partial charge in [0.05, 0.1) is 12.2 Å². The summed E-state index contributed by atoms with van der Waals surface area (Å²) in [5, 5.41) is 18.9. The van der Waals surface area contributed by atoms with Crippen molar-refractivity contribution in [2.45, 2.75) is 45.6 Å². The van der Waals surface area contributed by atoms with Gasteiger partial charge in [-0.15, -0.1) is 0 Å². The Kier molecular flexibility index (Phi) is 6.03. The van der Waals surface area contributed by atoms with Gasteiger partial charge in [-0.25, -0.2) is 0 Å². The quantitative estimate of drug-likeness (QED) is 0.509. The number of carbonyl (C=O) groups excluding carboxylic acids is 1. The van der Waals surface area contributed by atoms with E-state index in [0.717, 1.165) is 0 Å². The van der Waals surface area contributed by atoms with E-state index in [1.54, 1.807) is 20.8 Å². The number of rotatable bonds is 7. The van der Waals surface area contributed by atoms with Gasteiger partial charge < -0.3 is 14.9 Å². The number of carboxylic acids is 1. The van der Waals surface area contributed by atoms with Crippen LogP contribution in [0.5, 0.6) is 0 Å². The van der Waals surface area contributed by atoms with Gasteiger partial charge in [-0.1, -0.05) is 13.8 Å². The molecule has 1 unspecified atom stereocenters. The summed E-state index contributed by atoms with van der Waals surface area (Å²) in [5.74, 6) is -3.32. The average molecular weight is 232 g/mol. The second kappa shape index (κ2) is 6.48. The van der Waals surface area contributed by atoms with Crippen LogP contribution in [0.15, 0.2) is 0 Å². The summed E-state index contributed by atoms with van der Waals surface area (Å²) in [5.41, 5.74) is -1.12. The third-order valence-electron chi connectivity index (χ3n) is 2.77. The Bertz CT molecular complexity index is 245. The summed E-state index contributed by atoms with van der Waals surface area (Å²) in [6, 6.07) is 0. The van der Waals surface area contributed by atoms with Gasteiger partial charge in [-0.2, -0.15) is 0 Å². The minimum atomic E-state index is -1.29. The van der Waals surface area contributed by atoms with Gasteiger partial charge in [0.2, 0.25) is 0 Å². The van der Waals surface area contributed by atoms with Gasteiger partial charge in [0.25, 0.3) is 0 Å². The monoisotopic (exact) mass is 232 g/mol. The molecule has 0 spiro atoms.